The van der Waals surface area contributed by atoms with Crippen molar-refractivity contribution in [3.05, 3.63) is 78.8 Å². The van der Waals surface area contributed by atoms with Crippen LogP contribution in [0.2, 0.25) is 0 Å². The number of pyridine rings is 2. The van der Waals surface area contributed by atoms with Crippen molar-refractivity contribution in [3.63, 3.8) is 0 Å². The number of carbonyl (C=O) groups is 1. The maximum atomic E-state index is 11.9. The van der Waals surface area contributed by atoms with Crippen molar-refractivity contribution in [2.24, 2.45) is 0 Å². The summed E-state index contributed by atoms with van der Waals surface area (Å²) in [5, 5.41) is 2.84. The zero-order valence-corrected chi connectivity index (χ0v) is 13.1. The molecule has 0 atom stereocenters. The van der Waals surface area contributed by atoms with E-state index in [9.17, 15) is 4.79 Å². The first kappa shape index (κ1) is 15.7. The predicted molar refractivity (Wildman–Crippen MR) is 91.3 cm³/mol. The SMILES string of the molecule is O=C(COc1ccccc1)NCc1ccnc(-c2ccncc2)c1. The van der Waals surface area contributed by atoms with Crippen LogP contribution in [0.5, 0.6) is 5.75 Å². The number of amides is 1. The Balaban J connectivity index is 1.54. The molecule has 1 aromatic carbocycles. The average Bonchev–Trinajstić information content (AvgIpc) is 2.66. The van der Waals surface area contributed by atoms with E-state index in [1.54, 1.807) is 18.6 Å². The summed E-state index contributed by atoms with van der Waals surface area (Å²) in [5.41, 5.74) is 2.82. The molecule has 0 aliphatic rings. The van der Waals surface area contributed by atoms with E-state index >= 15 is 0 Å². The highest BCUT2D eigenvalue weighted by Crippen LogP contribution is 2.16. The van der Waals surface area contributed by atoms with Crippen molar-refractivity contribution in [2.75, 3.05) is 6.61 Å². The summed E-state index contributed by atoms with van der Waals surface area (Å²) in [6.07, 6.45) is 5.19. The quantitative estimate of drug-likeness (QED) is 0.759. The van der Waals surface area contributed by atoms with Gasteiger partial charge < -0.3 is 10.1 Å². The fourth-order valence-electron chi connectivity index (χ4n) is 2.18. The molecule has 0 fully saturated rings. The second kappa shape index (κ2) is 7.87. The van der Waals surface area contributed by atoms with Crippen molar-refractivity contribution in [2.45, 2.75) is 6.54 Å². The van der Waals surface area contributed by atoms with Gasteiger partial charge in [-0.3, -0.25) is 14.8 Å². The zero-order chi connectivity index (χ0) is 16.6. The normalized spacial score (nSPS) is 10.2. The van der Waals surface area contributed by atoms with Crippen LogP contribution in [0.4, 0.5) is 0 Å². The van der Waals surface area contributed by atoms with Crippen LogP contribution in [0.3, 0.4) is 0 Å². The number of para-hydroxylation sites is 1. The molecule has 3 aromatic rings. The molecule has 2 aromatic heterocycles. The first-order valence-electron chi connectivity index (χ1n) is 7.61. The topological polar surface area (TPSA) is 64.1 Å². The van der Waals surface area contributed by atoms with Gasteiger partial charge in [-0.05, 0) is 42.0 Å². The standard InChI is InChI=1S/C19H17N3O2/c23-19(14-24-17-4-2-1-3-5-17)22-13-15-6-11-21-18(12-15)16-7-9-20-10-8-16/h1-12H,13-14H2,(H,22,23). The Hall–Kier alpha value is -3.21. The molecule has 0 unspecified atom stereocenters. The number of nitrogens with zero attached hydrogens (tertiary/aromatic N) is 2. The van der Waals surface area contributed by atoms with Gasteiger partial charge in [-0.15, -0.1) is 0 Å². The van der Waals surface area contributed by atoms with Crippen LogP contribution < -0.4 is 10.1 Å². The molecule has 0 aliphatic carbocycles. The zero-order valence-electron chi connectivity index (χ0n) is 13.1. The summed E-state index contributed by atoms with van der Waals surface area (Å²) < 4.78 is 5.42. The van der Waals surface area contributed by atoms with Crippen LogP contribution >= 0.6 is 0 Å². The molecule has 0 saturated carbocycles. The maximum absolute atomic E-state index is 11.9. The lowest BCUT2D eigenvalue weighted by atomic mass is 10.1. The van der Waals surface area contributed by atoms with Crippen LogP contribution in [0.1, 0.15) is 5.56 Å². The summed E-state index contributed by atoms with van der Waals surface area (Å²) in [6, 6.07) is 16.9. The van der Waals surface area contributed by atoms with Gasteiger partial charge in [0.25, 0.3) is 5.91 Å². The average molecular weight is 319 g/mol. The van der Waals surface area contributed by atoms with E-state index in [-0.39, 0.29) is 12.5 Å². The highest BCUT2D eigenvalue weighted by atomic mass is 16.5. The summed E-state index contributed by atoms with van der Waals surface area (Å²) in [7, 11) is 0. The van der Waals surface area contributed by atoms with Gasteiger partial charge >= 0.3 is 0 Å². The Morgan fingerprint density at radius 3 is 2.58 bits per heavy atom. The monoisotopic (exact) mass is 319 g/mol. The maximum Gasteiger partial charge on any atom is 0.258 e. The highest BCUT2D eigenvalue weighted by molar-refractivity contribution is 5.77. The van der Waals surface area contributed by atoms with Gasteiger partial charge in [0.05, 0.1) is 5.69 Å². The highest BCUT2D eigenvalue weighted by Gasteiger charge is 2.04. The largest absolute Gasteiger partial charge is 0.484 e. The smallest absolute Gasteiger partial charge is 0.258 e. The lowest BCUT2D eigenvalue weighted by Crippen LogP contribution is -2.28. The molecule has 0 radical (unpaired) electrons. The summed E-state index contributed by atoms with van der Waals surface area (Å²) in [5.74, 6) is 0.512. The Kier molecular flexibility index (Phi) is 5.14. The van der Waals surface area contributed by atoms with Gasteiger partial charge in [-0.25, -0.2) is 0 Å². The van der Waals surface area contributed by atoms with E-state index in [4.69, 9.17) is 4.74 Å². The van der Waals surface area contributed by atoms with Gasteiger partial charge in [0.15, 0.2) is 6.61 Å². The van der Waals surface area contributed by atoms with Crippen LogP contribution in [0, 0.1) is 0 Å². The third-order valence-corrected chi connectivity index (χ3v) is 3.40. The second-order valence-corrected chi connectivity index (χ2v) is 5.16. The molecule has 5 heteroatoms. The lowest BCUT2D eigenvalue weighted by Gasteiger charge is -2.08. The molecule has 0 aliphatic heterocycles. The van der Waals surface area contributed by atoms with Crippen molar-refractivity contribution in [1.82, 2.24) is 15.3 Å². The third-order valence-electron chi connectivity index (χ3n) is 3.40. The van der Waals surface area contributed by atoms with Crippen molar-refractivity contribution in [3.8, 4) is 17.0 Å². The number of nitrogens with one attached hydrogen (secondary N) is 1. The Bertz CT molecular complexity index is 792. The van der Waals surface area contributed by atoms with Crippen LogP contribution in [-0.2, 0) is 11.3 Å². The van der Waals surface area contributed by atoms with Gasteiger partial charge in [-0.2, -0.15) is 0 Å². The van der Waals surface area contributed by atoms with E-state index in [0.29, 0.717) is 12.3 Å². The van der Waals surface area contributed by atoms with Gasteiger partial charge in [0, 0.05) is 30.7 Å². The van der Waals surface area contributed by atoms with E-state index in [1.807, 2.05) is 54.6 Å². The number of carbonyl (C=O) groups excluding carboxylic acids is 1. The minimum atomic E-state index is -0.166. The molecule has 1 amide bonds. The molecular weight excluding hydrogens is 302 g/mol. The van der Waals surface area contributed by atoms with Crippen molar-refractivity contribution < 1.29 is 9.53 Å². The predicted octanol–water partition coefficient (Wildman–Crippen LogP) is 2.84. The molecule has 5 nitrogen and oxygen atoms in total. The number of ether oxygens (including phenoxy) is 1. The molecule has 24 heavy (non-hydrogen) atoms. The minimum absolute atomic E-state index is 0.00763. The molecule has 0 saturated heterocycles. The van der Waals surface area contributed by atoms with Gasteiger partial charge in [0.1, 0.15) is 5.75 Å². The summed E-state index contributed by atoms with van der Waals surface area (Å²) in [6.45, 7) is 0.421. The molecule has 120 valence electrons. The molecule has 2 heterocycles. The number of hydrogen-bond acceptors (Lipinski definition) is 4. The van der Waals surface area contributed by atoms with Crippen LogP contribution in [-0.4, -0.2) is 22.5 Å². The van der Waals surface area contributed by atoms with Gasteiger partial charge in [0.2, 0.25) is 0 Å². The molecular formula is C19H17N3O2. The minimum Gasteiger partial charge on any atom is -0.484 e. The number of rotatable bonds is 6. The van der Waals surface area contributed by atoms with Crippen LogP contribution in [0.25, 0.3) is 11.3 Å². The number of benzene rings is 1. The van der Waals surface area contributed by atoms with E-state index in [1.165, 1.54) is 0 Å². The fourth-order valence-corrected chi connectivity index (χ4v) is 2.18. The molecule has 0 spiro atoms. The first-order valence-corrected chi connectivity index (χ1v) is 7.61. The molecule has 3 rings (SSSR count). The number of hydrogen-bond donors (Lipinski definition) is 1. The summed E-state index contributed by atoms with van der Waals surface area (Å²) >= 11 is 0. The second-order valence-electron chi connectivity index (χ2n) is 5.16. The van der Waals surface area contributed by atoms with E-state index in [2.05, 4.69) is 15.3 Å². The van der Waals surface area contributed by atoms with E-state index < -0.39 is 0 Å². The van der Waals surface area contributed by atoms with Crippen molar-refractivity contribution in [1.29, 1.82) is 0 Å². The molecule has 1 N–H and O–H groups in total. The van der Waals surface area contributed by atoms with Crippen molar-refractivity contribution >= 4 is 5.91 Å². The number of aromatic nitrogens is 2. The summed E-state index contributed by atoms with van der Waals surface area (Å²) in [4.78, 5) is 20.2. The lowest BCUT2D eigenvalue weighted by molar-refractivity contribution is -0.123. The van der Waals surface area contributed by atoms with E-state index in [0.717, 1.165) is 16.8 Å². The Morgan fingerprint density at radius 2 is 1.79 bits per heavy atom. The van der Waals surface area contributed by atoms with Crippen LogP contribution in [0.15, 0.2) is 73.2 Å². The Labute approximate surface area is 140 Å². The fraction of sp³-hybridized carbons (Fsp3) is 0.105. The molecule has 0 bridgehead atoms. The first-order chi connectivity index (χ1) is 11.8. The van der Waals surface area contributed by atoms with Gasteiger partial charge in [-0.1, -0.05) is 18.2 Å². The Morgan fingerprint density at radius 1 is 1.00 bits per heavy atom. The third kappa shape index (κ3) is 4.39.